The molecule has 2 aromatic rings. The maximum atomic E-state index is 12.9. The molecule has 0 saturated heterocycles. The number of nitrogens with two attached hydrogens (primary N) is 1. The first-order valence-corrected chi connectivity index (χ1v) is 8.88. The molecule has 5 heteroatoms. The Morgan fingerprint density at radius 3 is 2.88 bits per heavy atom. The first kappa shape index (κ1) is 16.8. The third-order valence-corrected chi connectivity index (χ3v) is 4.91. The van der Waals surface area contributed by atoms with Crippen LogP contribution in [0.5, 0.6) is 5.75 Å². The second kappa shape index (κ2) is 6.85. The molecular formula is C19H21BrN2O2. The van der Waals surface area contributed by atoms with Crippen molar-refractivity contribution in [2.45, 2.75) is 32.8 Å². The summed E-state index contributed by atoms with van der Waals surface area (Å²) in [5, 5.41) is 0. The van der Waals surface area contributed by atoms with Crippen LogP contribution in [0, 0.1) is 6.92 Å². The first-order valence-electron chi connectivity index (χ1n) is 8.09. The number of hydrogen-bond donors (Lipinski definition) is 1. The second-order valence-corrected chi connectivity index (χ2v) is 6.99. The highest BCUT2D eigenvalue weighted by molar-refractivity contribution is 9.10. The molecule has 1 aliphatic heterocycles. The van der Waals surface area contributed by atoms with Crippen molar-refractivity contribution >= 4 is 33.2 Å². The number of rotatable bonds is 3. The standard InChI is InChI=1S/C19H21BrN2O2/c1-12-8-9-18(15(20)11-12)24-13(2)19(23)22-10-4-5-14-16(21)6-3-7-17(14)22/h3,6-9,11,13H,4-5,10,21H2,1-2H3. The van der Waals surface area contributed by atoms with Gasteiger partial charge in [0.15, 0.2) is 6.10 Å². The minimum Gasteiger partial charge on any atom is -0.480 e. The molecule has 2 aromatic carbocycles. The summed E-state index contributed by atoms with van der Waals surface area (Å²) in [6.07, 6.45) is 1.25. The van der Waals surface area contributed by atoms with Gasteiger partial charge in [0.2, 0.25) is 0 Å². The van der Waals surface area contributed by atoms with E-state index in [4.69, 9.17) is 10.5 Å². The summed E-state index contributed by atoms with van der Waals surface area (Å²) in [5.74, 6) is 0.625. The fourth-order valence-electron chi connectivity index (χ4n) is 3.04. The SMILES string of the molecule is Cc1ccc(OC(C)C(=O)N2CCCc3c(N)cccc32)c(Br)c1. The number of carbonyl (C=O) groups is 1. The minimum atomic E-state index is -0.573. The number of anilines is 2. The molecule has 2 N–H and O–H groups in total. The molecule has 1 amide bonds. The lowest BCUT2D eigenvalue weighted by atomic mass is 9.99. The first-order chi connectivity index (χ1) is 11.5. The van der Waals surface area contributed by atoms with Gasteiger partial charge < -0.3 is 15.4 Å². The third-order valence-electron chi connectivity index (χ3n) is 4.29. The molecule has 1 aliphatic rings. The molecule has 0 spiro atoms. The molecule has 0 bridgehead atoms. The molecule has 0 saturated carbocycles. The van der Waals surface area contributed by atoms with Gasteiger partial charge in [-0.1, -0.05) is 12.1 Å². The molecular weight excluding hydrogens is 368 g/mol. The van der Waals surface area contributed by atoms with Gasteiger partial charge in [-0.15, -0.1) is 0 Å². The zero-order chi connectivity index (χ0) is 17.3. The predicted molar refractivity (Wildman–Crippen MR) is 100 cm³/mol. The quantitative estimate of drug-likeness (QED) is 0.805. The van der Waals surface area contributed by atoms with Gasteiger partial charge in [0.25, 0.3) is 5.91 Å². The molecule has 3 rings (SSSR count). The fraction of sp³-hybridized carbons (Fsp3) is 0.316. The van der Waals surface area contributed by atoms with Crippen molar-refractivity contribution in [3.05, 3.63) is 52.0 Å². The normalized spacial score (nSPS) is 14.9. The number of fused-ring (bicyclic) bond motifs is 1. The molecule has 0 aromatic heterocycles. The average molecular weight is 389 g/mol. The number of amides is 1. The van der Waals surface area contributed by atoms with Gasteiger partial charge in [0, 0.05) is 17.9 Å². The van der Waals surface area contributed by atoms with E-state index in [9.17, 15) is 4.79 Å². The third kappa shape index (κ3) is 3.26. The Balaban J connectivity index is 1.81. The lowest BCUT2D eigenvalue weighted by Crippen LogP contribution is -2.43. The number of aryl methyl sites for hydroxylation is 1. The van der Waals surface area contributed by atoms with E-state index >= 15 is 0 Å². The summed E-state index contributed by atoms with van der Waals surface area (Å²) < 4.78 is 6.74. The lowest BCUT2D eigenvalue weighted by molar-refractivity contribution is -0.124. The van der Waals surface area contributed by atoms with Crippen LogP contribution in [0.4, 0.5) is 11.4 Å². The van der Waals surface area contributed by atoms with Crippen LogP contribution < -0.4 is 15.4 Å². The fourth-order valence-corrected chi connectivity index (χ4v) is 3.63. The van der Waals surface area contributed by atoms with Crippen molar-refractivity contribution in [3.8, 4) is 5.75 Å². The van der Waals surface area contributed by atoms with Crippen LogP contribution >= 0.6 is 15.9 Å². The van der Waals surface area contributed by atoms with Crippen LogP contribution in [0.2, 0.25) is 0 Å². The number of halogens is 1. The number of carbonyl (C=O) groups excluding carboxylic acids is 1. The number of nitrogens with zero attached hydrogens (tertiary/aromatic N) is 1. The Morgan fingerprint density at radius 2 is 2.12 bits per heavy atom. The number of benzene rings is 2. The summed E-state index contributed by atoms with van der Waals surface area (Å²) in [6.45, 7) is 4.49. The Bertz CT molecular complexity index is 776. The van der Waals surface area contributed by atoms with E-state index in [-0.39, 0.29) is 5.91 Å². The highest BCUT2D eigenvalue weighted by Gasteiger charge is 2.28. The molecule has 1 unspecified atom stereocenters. The largest absolute Gasteiger partial charge is 0.480 e. The minimum absolute atomic E-state index is 0.0472. The Morgan fingerprint density at radius 1 is 1.33 bits per heavy atom. The van der Waals surface area contributed by atoms with Gasteiger partial charge in [0.05, 0.1) is 4.47 Å². The van der Waals surface area contributed by atoms with Crippen molar-refractivity contribution < 1.29 is 9.53 Å². The van der Waals surface area contributed by atoms with Crippen LogP contribution in [0.3, 0.4) is 0 Å². The molecule has 1 atom stereocenters. The Hall–Kier alpha value is -2.01. The van der Waals surface area contributed by atoms with Crippen LogP contribution in [-0.2, 0) is 11.2 Å². The van der Waals surface area contributed by atoms with E-state index in [1.807, 2.05) is 43.3 Å². The molecule has 126 valence electrons. The van der Waals surface area contributed by atoms with Gasteiger partial charge in [-0.2, -0.15) is 0 Å². The van der Waals surface area contributed by atoms with Crippen LogP contribution in [0.1, 0.15) is 24.5 Å². The molecule has 0 aliphatic carbocycles. The number of nitrogen functional groups attached to an aromatic ring is 1. The predicted octanol–water partition coefficient (Wildman–Crippen LogP) is 4.09. The Labute approximate surface area is 150 Å². The lowest BCUT2D eigenvalue weighted by Gasteiger charge is -2.32. The van der Waals surface area contributed by atoms with E-state index in [2.05, 4.69) is 15.9 Å². The van der Waals surface area contributed by atoms with E-state index < -0.39 is 6.10 Å². The van der Waals surface area contributed by atoms with Gasteiger partial charge >= 0.3 is 0 Å². The molecule has 24 heavy (non-hydrogen) atoms. The van der Waals surface area contributed by atoms with E-state index in [1.165, 1.54) is 0 Å². The smallest absolute Gasteiger partial charge is 0.267 e. The van der Waals surface area contributed by atoms with Crippen LogP contribution in [0.15, 0.2) is 40.9 Å². The monoisotopic (exact) mass is 388 g/mol. The maximum Gasteiger partial charge on any atom is 0.267 e. The molecule has 1 heterocycles. The van der Waals surface area contributed by atoms with E-state index in [0.29, 0.717) is 12.3 Å². The Kier molecular flexibility index (Phi) is 4.81. The van der Waals surface area contributed by atoms with Crippen LogP contribution in [0.25, 0.3) is 0 Å². The summed E-state index contributed by atoms with van der Waals surface area (Å²) in [5.41, 5.74) is 9.91. The van der Waals surface area contributed by atoms with Crippen molar-refractivity contribution in [2.75, 3.05) is 17.2 Å². The summed E-state index contributed by atoms with van der Waals surface area (Å²) in [4.78, 5) is 14.7. The maximum absolute atomic E-state index is 12.9. The summed E-state index contributed by atoms with van der Waals surface area (Å²) in [6, 6.07) is 11.6. The zero-order valence-corrected chi connectivity index (χ0v) is 15.5. The summed E-state index contributed by atoms with van der Waals surface area (Å²) in [7, 11) is 0. The average Bonchev–Trinajstić information content (AvgIpc) is 2.56. The van der Waals surface area contributed by atoms with Crippen molar-refractivity contribution in [3.63, 3.8) is 0 Å². The van der Waals surface area contributed by atoms with Crippen molar-refractivity contribution in [2.24, 2.45) is 0 Å². The van der Waals surface area contributed by atoms with Crippen molar-refractivity contribution in [1.82, 2.24) is 0 Å². The number of hydrogen-bond acceptors (Lipinski definition) is 3. The number of ether oxygens (including phenoxy) is 1. The zero-order valence-electron chi connectivity index (χ0n) is 13.9. The van der Waals surface area contributed by atoms with Gasteiger partial charge in [0.1, 0.15) is 5.75 Å². The highest BCUT2D eigenvalue weighted by Crippen LogP contribution is 2.32. The molecule has 0 radical (unpaired) electrons. The highest BCUT2D eigenvalue weighted by atomic mass is 79.9. The van der Waals surface area contributed by atoms with Crippen LogP contribution in [-0.4, -0.2) is 18.6 Å². The van der Waals surface area contributed by atoms with Gasteiger partial charge in [-0.25, -0.2) is 0 Å². The molecule has 4 nitrogen and oxygen atoms in total. The summed E-state index contributed by atoms with van der Waals surface area (Å²) >= 11 is 3.49. The van der Waals surface area contributed by atoms with Crippen molar-refractivity contribution in [1.29, 1.82) is 0 Å². The van der Waals surface area contributed by atoms with E-state index in [0.717, 1.165) is 39.8 Å². The second-order valence-electron chi connectivity index (χ2n) is 6.13. The van der Waals surface area contributed by atoms with E-state index in [1.54, 1.807) is 11.8 Å². The topological polar surface area (TPSA) is 55.6 Å². The van der Waals surface area contributed by atoms with Gasteiger partial charge in [-0.05, 0) is 78.0 Å². The molecule has 0 fully saturated rings. The van der Waals surface area contributed by atoms with Gasteiger partial charge in [-0.3, -0.25) is 4.79 Å².